The van der Waals surface area contributed by atoms with Gasteiger partial charge in [-0.25, -0.2) is 0 Å². The lowest BCUT2D eigenvalue weighted by Crippen LogP contribution is -2.30. The summed E-state index contributed by atoms with van der Waals surface area (Å²) in [6.07, 6.45) is 3.93. The lowest BCUT2D eigenvalue weighted by atomic mass is 9.93. The van der Waals surface area contributed by atoms with E-state index < -0.39 is 0 Å². The Morgan fingerprint density at radius 2 is 2.36 bits per heavy atom. The molecule has 2 atom stereocenters. The zero-order chi connectivity index (χ0) is 8.27. The molecule has 0 aliphatic carbocycles. The van der Waals surface area contributed by atoms with Crippen molar-refractivity contribution in [3.8, 4) is 0 Å². The molecule has 0 amide bonds. The van der Waals surface area contributed by atoms with Crippen LogP contribution in [0.2, 0.25) is 0 Å². The van der Waals surface area contributed by atoms with Crippen molar-refractivity contribution in [2.45, 2.75) is 45.6 Å². The first kappa shape index (κ1) is 8.57. The molecule has 0 radical (unpaired) electrons. The number of hydrogen-bond donors (Lipinski definition) is 0. The Labute approximate surface area is 67.9 Å². The van der Waals surface area contributed by atoms with Gasteiger partial charge in [-0.05, 0) is 18.8 Å². The molecule has 0 N–H and O–H groups in total. The molecule has 2 unspecified atom stereocenters. The Bertz CT molecular complexity index is 142. The van der Waals surface area contributed by atoms with E-state index >= 15 is 0 Å². The normalized spacial score (nSPS) is 31.6. The summed E-state index contributed by atoms with van der Waals surface area (Å²) in [7, 11) is 0. The topological polar surface area (TPSA) is 26.3 Å². The average Bonchev–Trinajstić information content (AvgIpc) is 1.98. The summed E-state index contributed by atoms with van der Waals surface area (Å²) < 4.78 is 5.20. The van der Waals surface area contributed by atoms with Gasteiger partial charge in [0.05, 0.1) is 0 Å². The largest absolute Gasteiger partial charge is 0.462 e. The second-order valence-electron chi connectivity index (χ2n) is 3.33. The van der Waals surface area contributed by atoms with Gasteiger partial charge in [0.2, 0.25) is 0 Å². The first-order chi connectivity index (χ1) is 5.24. The van der Waals surface area contributed by atoms with Crippen LogP contribution in [-0.4, -0.2) is 12.1 Å². The van der Waals surface area contributed by atoms with Crippen LogP contribution in [0.15, 0.2) is 0 Å². The van der Waals surface area contributed by atoms with Crippen molar-refractivity contribution in [1.29, 1.82) is 0 Å². The molecule has 0 saturated carbocycles. The Kier molecular flexibility index (Phi) is 2.92. The van der Waals surface area contributed by atoms with Crippen LogP contribution in [0.3, 0.4) is 0 Å². The average molecular weight is 156 g/mol. The molecular weight excluding hydrogens is 140 g/mol. The molecule has 1 rings (SSSR count). The van der Waals surface area contributed by atoms with E-state index in [9.17, 15) is 4.79 Å². The van der Waals surface area contributed by atoms with Crippen LogP contribution < -0.4 is 0 Å². The fraction of sp³-hybridized carbons (Fsp3) is 0.889. The van der Waals surface area contributed by atoms with Crippen LogP contribution >= 0.6 is 0 Å². The highest BCUT2D eigenvalue weighted by atomic mass is 16.5. The van der Waals surface area contributed by atoms with E-state index in [1.165, 1.54) is 0 Å². The van der Waals surface area contributed by atoms with Gasteiger partial charge in [0, 0.05) is 6.42 Å². The van der Waals surface area contributed by atoms with Crippen molar-refractivity contribution in [2.24, 2.45) is 5.92 Å². The summed E-state index contributed by atoms with van der Waals surface area (Å²) in [5.74, 6) is 0.550. The van der Waals surface area contributed by atoms with E-state index in [4.69, 9.17) is 4.74 Å². The summed E-state index contributed by atoms with van der Waals surface area (Å²) in [5.41, 5.74) is 0. The quantitative estimate of drug-likeness (QED) is 0.572. The minimum Gasteiger partial charge on any atom is -0.462 e. The second-order valence-corrected chi connectivity index (χ2v) is 3.33. The minimum absolute atomic E-state index is 0.0125. The first-order valence-electron chi connectivity index (χ1n) is 4.43. The van der Waals surface area contributed by atoms with Gasteiger partial charge in [-0.1, -0.05) is 20.3 Å². The molecular formula is C9H16O2. The van der Waals surface area contributed by atoms with E-state index in [1.807, 2.05) is 0 Å². The van der Waals surface area contributed by atoms with Crippen LogP contribution in [0.25, 0.3) is 0 Å². The van der Waals surface area contributed by atoms with Crippen LogP contribution in [0.5, 0.6) is 0 Å². The third-order valence-corrected chi connectivity index (χ3v) is 2.29. The molecule has 0 bridgehead atoms. The van der Waals surface area contributed by atoms with E-state index in [1.54, 1.807) is 0 Å². The fourth-order valence-corrected chi connectivity index (χ4v) is 1.50. The predicted molar refractivity (Wildman–Crippen MR) is 43.2 cm³/mol. The van der Waals surface area contributed by atoms with Gasteiger partial charge in [0.25, 0.3) is 0 Å². The Balaban J connectivity index is 2.40. The lowest BCUT2D eigenvalue weighted by Gasteiger charge is -2.28. The fourth-order valence-electron chi connectivity index (χ4n) is 1.50. The molecule has 0 aromatic carbocycles. The van der Waals surface area contributed by atoms with Crippen molar-refractivity contribution in [1.82, 2.24) is 0 Å². The van der Waals surface area contributed by atoms with Gasteiger partial charge >= 0.3 is 5.97 Å². The van der Waals surface area contributed by atoms with Gasteiger partial charge in [0.1, 0.15) is 6.10 Å². The van der Waals surface area contributed by atoms with Gasteiger partial charge in [-0.3, -0.25) is 4.79 Å². The second kappa shape index (κ2) is 3.74. The zero-order valence-corrected chi connectivity index (χ0v) is 7.30. The number of rotatable bonds is 2. The molecule has 1 heterocycles. The smallest absolute Gasteiger partial charge is 0.306 e. The summed E-state index contributed by atoms with van der Waals surface area (Å²) in [4.78, 5) is 10.9. The van der Waals surface area contributed by atoms with Gasteiger partial charge in [-0.15, -0.1) is 0 Å². The van der Waals surface area contributed by atoms with Gasteiger partial charge in [-0.2, -0.15) is 0 Å². The maximum atomic E-state index is 10.9. The molecule has 0 aromatic rings. The third kappa shape index (κ3) is 2.21. The summed E-state index contributed by atoms with van der Waals surface area (Å²) in [5, 5.41) is 0. The van der Waals surface area contributed by atoms with Gasteiger partial charge in [0.15, 0.2) is 0 Å². The molecule has 11 heavy (non-hydrogen) atoms. The summed E-state index contributed by atoms with van der Waals surface area (Å²) in [6.45, 7) is 4.28. The SMILES string of the molecule is CCCC1OC(=O)CCC1C. The number of esters is 1. The van der Waals surface area contributed by atoms with Crippen molar-refractivity contribution >= 4 is 5.97 Å². The van der Waals surface area contributed by atoms with Crippen molar-refractivity contribution in [2.75, 3.05) is 0 Å². The summed E-state index contributed by atoms with van der Waals surface area (Å²) in [6, 6.07) is 0. The lowest BCUT2D eigenvalue weighted by molar-refractivity contribution is -0.158. The number of carbonyl (C=O) groups is 1. The van der Waals surface area contributed by atoms with Crippen LogP contribution in [0.4, 0.5) is 0 Å². The molecule has 2 nitrogen and oxygen atoms in total. The van der Waals surface area contributed by atoms with Crippen molar-refractivity contribution in [3.05, 3.63) is 0 Å². The molecule has 64 valence electrons. The maximum Gasteiger partial charge on any atom is 0.306 e. The van der Waals surface area contributed by atoms with Crippen molar-refractivity contribution in [3.63, 3.8) is 0 Å². The van der Waals surface area contributed by atoms with Crippen LogP contribution in [-0.2, 0) is 9.53 Å². The van der Waals surface area contributed by atoms with Gasteiger partial charge < -0.3 is 4.74 Å². The Morgan fingerprint density at radius 1 is 1.64 bits per heavy atom. The molecule has 1 aliphatic rings. The monoisotopic (exact) mass is 156 g/mol. The summed E-state index contributed by atoms with van der Waals surface area (Å²) >= 11 is 0. The number of hydrogen-bond acceptors (Lipinski definition) is 2. The molecule has 1 saturated heterocycles. The highest BCUT2D eigenvalue weighted by Crippen LogP contribution is 2.23. The Hall–Kier alpha value is -0.530. The molecule has 1 fully saturated rings. The maximum absolute atomic E-state index is 10.9. The highest BCUT2D eigenvalue weighted by Gasteiger charge is 2.26. The molecule has 0 aromatic heterocycles. The zero-order valence-electron chi connectivity index (χ0n) is 7.30. The number of carbonyl (C=O) groups excluding carboxylic acids is 1. The van der Waals surface area contributed by atoms with E-state index in [0.29, 0.717) is 12.3 Å². The number of ether oxygens (including phenoxy) is 1. The van der Waals surface area contributed by atoms with Crippen molar-refractivity contribution < 1.29 is 9.53 Å². The van der Waals surface area contributed by atoms with Crippen LogP contribution in [0, 0.1) is 5.92 Å². The standard InChI is InChI=1S/C9H16O2/c1-3-4-8-7(2)5-6-9(10)11-8/h7-8H,3-6H2,1-2H3. The van der Waals surface area contributed by atoms with E-state index in [0.717, 1.165) is 19.3 Å². The Morgan fingerprint density at radius 3 is 3.00 bits per heavy atom. The van der Waals surface area contributed by atoms with Crippen LogP contribution in [0.1, 0.15) is 39.5 Å². The highest BCUT2D eigenvalue weighted by molar-refractivity contribution is 5.70. The minimum atomic E-state index is -0.0125. The molecule has 0 spiro atoms. The predicted octanol–water partition coefficient (Wildman–Crippen LogP) is 2.13. The third-order valence-electron chi connectivity index (χ3n) is 2.29. The molecule has 1 aliphatic heterocycles. The van der Waals surface area contributed by atoms with E-state index in [-0.39, 0.29) is 12.1 Å². The first-order valence-corrected chi connectivity index (χ1v) is 4.43. The molecule has 2 heteroatoms. The van der Waals surface area contributed by atoms with E-state index in [2.05, 4.69) is 13.8 Å². The number of cyclic esters (lactones) is 1.